The van der Waals surface area contributed by atoms with E-state index in [2.05, 4.69) is 5.32 Å². The molecule has 7 heteroatoms. The van der Waals surface area contributed by atoms with Crippen LogP contribution in [0.3, 0.4) is 0 Å². The second-order valence-electron chi connectivity index (χ2n) is 5.84. The minimum absolute atomic E-state index is 0.114. The van der Waals surface area contributed by atoms with Crippen molar-refractivity contribution in [1.82, 2.24) is 0 Å². The summed E-state index contributed by atoms with van der Waals surface area (Å²) in [6.07, 6.45) is 1.38. The number of anilines is 2. The van der Waals surface area contributed by atoms with Gasteiger partial charge in [-0.3, -0.25) is 9.59 Å². The Balaban J connectivity index is 1.64. The van der Waals surface area contributed by atoms with Gasteiger partial charge < -0.3 is 19.4 Å². The van der Waals surface area contributed by atoms with Gasteiger partial charge >= 0.3 is 5.97 Å². The quantitative estimate of drug-likeness (QED) is 0.665. The Kier molecular flexibility index (Phi) is 5.86. The van der Waals surface area contributed by atoms with Crippen LogP contribution in [0.15, 0.2) is 77.4 Å². The second kappa shape index (κ2) is 8.68. The molecule has 0 saturated carbocycles. The number of benzene rings is 2. The molecule has 0 atom stereocenters. The summed E-state index contributed by atoms with van der Waals surface area (Å²) >= 11 is 0. The Hall–Kier alpha value is -3.87. The summed E-state index contributed by atoms with van der Waals surface area (Å²) in [5, 5.41) is 2.60. The number of nitrogens with zero attached hydrogens (tertiary/aromatic N) is 1. The van der Waals surface area contributed by atoms with E-state index in [1.54, 1.807) is 43.4 Å². The van der Waals surface area contributed by atoms with Crippen LogP contribution in [0, 0.1) is 0 Å². The first kappa shape index (κ1) is 18.9. The number of likely N-dealkylation sites (N-methyl/N-ethyl adjacent to an activating group) is 1. The van der Waals surface area contributed by atoms with Crippen LogP contribution in [0.1, 0.15) is 20.9 Å². The third kappa shape index (κ3) is 4.45. The molecule has 0 radical (unpaired) electrons. The van der Waals surface area contributed by atoms with Crippen molar-refractivity contribution >= 4 is 29.2 Å². The van der Waals surface area contributed by atoms with Crippen LogP contribution in [0.2, 0.25) is 0 Å². The Morgan fingerprint density at radius 2 is 1.68 bits per heavy atom. The van der Waals surface area contributed by atoms with Gasteiger partial charge in [0.15, 0.2) is 12.4 Å². The highest BCUT2D eigenvalue weighted by atomic mass is 16.5. The normalized spacial score (nSPS) is 10.2. The Bertz CT molecular complexity index is 967. The summed E-state index contributed by atoms with van der Waals surface area (Å²) in [6.45, 7) is -0.426. The second-order valence-corrected chi connectivity index (χ2v) is 5.84. The van der Waals surface area contributed by atoms with Crippen molar-refractivity contribution in [2.45, 2.75) is 0 Å². The fourth-order valence-corrected chi connectivity index (χ4v) is 2.46. The Morgan fingerprint density at radius 3 is 2.39 bits per heavy atom. The number of hydrogen-bond donors (Lipinski definition) is 1. The molecular formula is C21H18N2O5. The maximum Gasteiger partial charge on any atom is 0.340 e. The summed E-state index contributed by atoms with van der Waals surface area (Å²) < 4.78 is 10.2. The van der Waals surface area contributed by atoms with Crippen LogP contribution in [-0.4, -0.2) is 31.4 Å². The van der Waals surface area contributed by atoms with Crippen molar-refractivity contribution in [2.75, 3.05) is 23.9 Å². The number of carbonyl (C=O) groups is 3. The fraction of sp³-hybridized carbons (Fsp3) is 0.0952. The molecule has 28 heavy (non-hydrogen) atoms. The summed E-state index contributed by atoms with van der Waals surface area (Å²) in [5.74, 6) is -1.48. The zero-order valence-corrected chi connectivity index (χ0v) is 15.1. The van der Waals surface area contributed by atoms with Crippen molar-refractivity contribution in [3.05, 3.63) is 84.3 Å². The highest BCUT2D eigenvalue weighted by Gasteiger charge is 2.19. The number of rotatable bonds is 6. The molecule has 1 heterocycles. The number of para-hydroxylation sites is 2. The molecule has 2 aromatic carbocycles. The van der Waals surface area contributed by atoms with Crippen molar-refractivity contribution in [3.63, 3.8) is 0 Å². The lowest BCUT2D eigenvalue weighted by Gasteiger charge is -2.17. The molecule has 1 N–H and O–H groups in total. The minimum atomic E-state index is -0.717. The van der Waals surface area contributed by atoms with Crippen molar-refractivity contribution in [2.24, 2.45) is 0 Å². The summed E-state index contributed by atoms with van der Waals surface area (Å²) in [6, 6.07) is 18.5. The fourth-order valence-electron chi connectivity index (χ4n) is 2.46. The van der Waals surface area contributed by atoms with E-state index >= 15 is 0 Å². The van der Waals surface area contributed by atoms with E-state index < -0.39 is 18.5 Å². The number of amides is 2. The van der Waals surface area contributed by atoms with Gasteiger partial charge in [-0.25, -0.2) is 4.79 Å². The average Bonchev–Trinajstić information content (AvgIpc) is 3.27. The van der Waals surface area contributed by atoms with Gasteiger partial charge in [-0.15, -0.1) is 0 Å². The molecule has 3 rings (SSSR count). The number of furan rings is 1. The molecule has 2 amide bonds. The molecular weight excluding hydrogens is 360 g/mol. The van der Waals surface area contributed by atoms with Gasteiger partial charge in [0.2, 0.25) is 0 Å². The lowest BCUT2D eigenvalue weighted by molar-refractivity contribution is -0.121. The molecule has 0 aliphatic rings. The van der Waals surface area contributed by atoms with E-state index in [0.717, 1.165) is 0 Å². The van der Waals surface area contributed by atoms with Gasteiger partial charge in [0.25, 0.3) is 11.8 Å². The Morgan fingerprint density at radius 1 is 0.964 bits per heavy atom. The van der Waals surface area contributed by atoms with Crippen molar-refractivity contribution < 1.29 is 23.5 Å². The Labute approximate surface area is 161 Å². The SMILES string of the molecule is CN(C(=O)COC(=O)c1ccccc1NC(=O)c1ccco1)c1ccccc1. The predicted molar refractivity (Wildman–Crippen MR) is 103 cm³/mol. The number of ether oxygens (including phenoxy) is 1. The van der Waals surface area contributed by atoms with E-state index in [1.807, 2.05) is 18.2 Å². The lowest BCUT2D eigenvalue weighted by atomic mass is 10.1. The van der Waals surface area contributed by atoms with E-state index in [0.29, 0.717) is 5.69 Å². The molecule has 3 aromatic rings. The van der Waals surface area contributed by atoms with Crippen LogP contribution in [0.5, 0.6) is 0 Å². The lowest BCUT2D eigenvalue weighted by Crippen LogP contribution is -2.31. The minimum Gasteiger partial charge on any atom is -0.459 e. The summed E-state index contributed by atoms with van der Waals surface area (Å²) in [5.41, 5.74) is 1.09. The molecule has 0 saturated heterocycles. The van der Waals surface area contributed by atoms with Gasteiger partial charge in [0, 0.05) is 12.7 Å². The average molecular weight is 378 g/mol. The van der Waals surface area contributed by atoms with Gasteiger partial charge in [-0.1, -0.05) is 30.3 Å². The molecule has 142 valence electrons. The van der Waals surface area contributed by atoms with E-state index in [-0.39, 0.29) is 22.9 Å². The maximum atomic E-state index is 12.4. The van der Waals surface area contributed by atoms with E-state index in [9.17, 15) is 14.4 Å². The topological polar surface area (TPSA) is 88.9 Å². The van der Waals surface area contributed by atoms with Gasteiger partial charge in [-0.05, 0) is 36.4 Å². The van der Waals surface area contributed by atoms with Crippen molar-refractivity contribution in [1.29, 1.82) is 0 Å². The number of hydrogen-bond acceptors (Lipinski definition) is 5. The van der Waals surface area contributed by atoms with Crippen LogP contribution in [-0.2, 0) is 9.53 Å². The summed E-state index contributed by atoms with van der Waals surface area (Å²) in [7, 11) is 1.60. The first-order valence-electron chi connectivity index (χ1n) is 8.49. The highest BCUT2D eigenvalue weighted by molar-refractivity contribution is 6.07. The van der Waals surface area contributed by atoms with E-state index in [4.69, 9.17) is 9.15 Å². The van der Waals surface area contributed by atoms with Gasteiger partial charge in [0.05, 0.1) is 17.5 Å². The first-order chi connectivity index (χ1) is 13.6. The van der Waals surface area contributed by atoms with Gasteiger partial charge in [-0.2, -0.15) is 0 Å². The molecule has 0 fully saturated rings. The zero-order valence-electron chi connectivity index (χ0n) is 15.1. The zero-order chi connectivity index (χ0) is 19.9. The van der Waals surface area contributed by atoms with Gasteiger partial charge in [0.1, 0.15) is 0 Å². The standard InChI is InChI=1S/C21H18N2O5/c1-23(15-8-3-2-4-9-15)19(24)14-28-21(26)16-10-5-6-11-17(16)22-20(25)18-12-7-13-27-18/h2-13H,14H2,1H3,(H,22,25). The largest absolute Gasteiger partial charge is 0.459 e. The number of esters is 1. The molecule has 0 spiro atoms. The maximum absolute atomic E-state index is 12.4. The van der Waals surface area contributed by atoms with Crippen LogP contribution in [0.25, 0.3) is 0 Å². The molecule has 0 bridgehead atoms. The van der Waals surface area contributed by atoms with Crippen LogP contribution in [0.4, 0.5) is 11.4 Å². The number of carbonyl (C=O) groups excluding carboxylic acids is 3. The smallest absolute Gasteiger partial charge is 0.340 e. The van der Waals surface area contributed by atoms with Crippen molar-refractivity contribution in [3.8, 4) is 0 Å². The third-order valence-corrected chi connectivity index (χ3v) is 3.98. The monoisotopic (exact) mass is 378 g/mol. The summed E-state index contributed by atoms with van der Waals surface area (Å²) in [4.78, 5) is 38.2. The van der Waals surface area contributed by atoms with Crippen LogP contribution < -0.4 is 10.2 Å². The third-order valence-electron chi connectivity index (χ3n) is 3.98. The molecule has 0 aliphatic carbocycles. The highest BCUT2D eigenvalue weighted by Crippen LogP contribution is 2.18. The molecule has 1 aromatic heterocycles. The van der Waals surface area contributed by atoms with Crippen LogP contribution >= 0.6 is 0 Å². The predicted octanol–water partition coefficient (Wildman–Crippen LogP) is 3.35. The number of nitrogens with one attached hydrogen (secondary N) is 1. The first-order valence-corrected chi connectivity index (χ1v) is 8.49. The molecule has 7 nitrogen and oxygen atoms in total. The van der Waals surface area contributed by atoms with E-state index in [1.165, 1.54) is 23.3 Å². The molecule has 0 aliphatic heterocycles. The molecule has 0 unspecified atom stereocenters.